The molecule has 0 atom stereocenters. The zero-order valence-electron chi connectivity index (χ0n) is 12.6. The maximum Gasteiger partial charge on any atom is 0.289 e. The first-order valence-electron chi connectivity index (χ1n) is 6.80. The topological polar surface area (TPSA) is 81.5 Å². The van der Waals surface area contributed by atoms with Gasteiger partial charge in [0.2, 0.25) is 0 Å². The highest BCUT2D eigenvalue weighted by molar-refractivity contribution is 6.32. The van der Waals surface area contributed by atoms with Crippen LogP contribution in [0.15, 0.2) is 36.4 Å². The van der Waals surface area contributed by atoms with E-state index in [0.29, 0.717) is 5.75 Å². The van der Waals surface area contributed by atoms with Crippen LogP contribution in [0.4, 0.5) is 11.4 Å². The molecule has 1 N–H and O–H groups in total. The van der Waals surface area contributed by atoms with E-state index in [4.69, 9.17) is 16.3 Å². The van der Waals surface area contributed by atoms with Crippen molar-refractivity contribution < 1.29 is 14.5 Å². The van der Waals surface area contributed by atoms with Crippen molar-refractivity contribution in [2.75, 3.05) is 11.9 Å². The Balaban J connectivity index is 1.98. The first-order chi connectivity index (χ1) is 10.9. The number of halogens is 1. The van der Waals surface area contributed by atoms with Crippen LogP contribution in [0.2, 0.25) is 5.02 Å². The van der Waals surface area contributed by atoms with E-state index in [1.54, 1.807) is 6.07 Å². The molecular weight excluding hydrogens is 320 g/mol. The number of hydrogen-bond donors (Lipinski definition) is 1. The van der Waals surface area contributed by atoms with Gasteiger partial charge in [-0.25, -0.2) is 0 Å². The van der Waals surface area contributed by atoms with Gasteiger partial charge in [-0.1, -0.05) is 17.7 Å². The van der Waals surface area contributed by atoms with Crippen LogP contribution in [0.1, 0.15) is 11.1 Å². The van der Waals surface area contributed by atoms with Crippen LogP contribution in [-0.4, -0.2) is 17.4 Å². The van der Waals surface area contributed by atoms with E-state index in [9.17, 15) is 14.9 Å². The number of rotatable bonds is 5. The summed E-state index contributed by atoms with van der Waals surface area (Å²) in [6.07, 6.45) is 0. The second-order valence-electron chi connectivity index (χ2n) is 5.01. The minimum atomic E-state index is -0.608. The molecule has 0 radical (unpaired) electrons. The highest BCUT2D eigenvalue weighted by Gasteiger charge is 2.14. The quantitative estimate of drug-likeness (QED) is 0.664. The molecule has 0 fully saturated rings. The molecule has 2 aromatic carbocycles. The third kappa shape index (κ3) is 4.43. The third-order valence-corrected chi connectivity index (χ3v) is 3.59. The largest absolute Gasteiger partial charge is 0.484 e. The summed E-state index contributed by atoms with van der Waals surface area (Å²) in [5, 5.41) is 13.4. The fraction of sp³-hybridized carbons (Fsp3) is 0.188. The van der Waals surface area contributed by atoms with Gasteiger partial charge in [0.05, 0.1) is 4.92 Å². The molecule has 0 unspecified atom stereocenters. The average Bonchev–Trinajstić information content (AvgIpc) is 2.50. The number of hydrogen-bond acceptors (Lipinski definition) is 4. The van der Waals surface area contributed by atoms with Crippen molar-refractivity contribution in [1.29, 1.82) is 0 Å². The molecule has 0 heterocycles. The van der Waals surface area contributed by atoms with Crippen LogP contribution in [-0.2, 0) is 4.79 Å². The minimum absolute atomic E-state index is 0.0133. The highest BCUT2D eigenvalue weighted by Crippen LogP contribution is 2.27. The summed E-state index contributed by atoms with van der Waals surface area (Å²) < 4.78 is 5.41. The molecule has 0 saturated carbocycles. The SMILES string of the molecule is Cc1ccc(OCC(=O)Nc2ccc(Cl)c([N+](=O)[O-])c2)cc1C. The first kappa shape index (κ1) is 16.8. The lowest BCUT2D eigenvalue weighted by Gasteiger charge is -2.09. The number of benzene rings is 2. The molecule has 0 spiro atoms. The number of aryl methyl sites for hydroxylation is 2. The standard InChI is InChI=1S/C16H15ClN2O4/c1-10-3-5-13(7-11(10)2)23-9-16(20)18-12-4-6-14(17)15(8-12)19(21)22/h3-8H,9H2,1-2H3,(H,18,20). The van der Waals surface area contributed by atoms with E-state index < -0.39 is 10.8 Å². The van der Waals surface area contributed by atoms with Gasteiger partial charge in [-0.2, -0.15) is 0 Å². The van der Waals surface area contributed by atoms with Crippen molar-refractivity contribution in [2.45, 2.75) is 13.8 Å². The number of nitrogens with zero attached hydrogens (tertiary/aromatic N) is 1. The molecule has 0 saturated heterocycles. The van der Waals surface area contributed by atoms with Crippen LogP contribution >= 0.6 is 11.6 Å². The summed E-state index contributed by atoms with van der Waals surface area (Å²) in [6, 6.07) is 9.59. The lowest BCUT2D eigenvalue weighted by Crippen LogP contribution is -2.20. The van der Waals surface area contributed by atoms with Gasteiger partial charge in [-0.15, -0.1) is 0 Å². The molecule has 120 valence electrons. The predicted molar refractivity (Wildman–Crippen MR) is 88.1 cm³/mol. The first-order valence-corrected chi connectivity index (χ1v) is 7.18. The molecule has 0 aromatic heterocycles. The Labute approximate surface area is 138 Å². The molecule has 6 nitrogen and oxygen atoms in total. The molecule has 7 heteroatoms. The molecule has 0 aliphatic rings. The molecule has 0 bridgehead atoms. The van der Waals surface area contributed by atoms with Crippen molar-refractivity contribution >= 4 is 28.9 Å². The Bertz CT molecular complexity index is 762. The lowest BCUT2D eigenvalue weighted by atomic mass is 10.1. The average molecular weight is 335 g/mol. The summed E-state index contributed by atoms with van der Waals surface area (Å²) in [7, 11) is 0. The van der Waals surface area contributed by atoms with Gasteiger partial charge in [-0.3, -0.25) is 14.9 Å². The van der Waals surface area contributed by atoms with Gasteiger partial charge in [0.1, 0.15) is 10.8 Å². The Morgan fingerprint density at radius 3 is 2.61 bits per heavy atom. The van der Waals surface area contributed by atoms with Crippen LogP contribution in [0, 0.1) is 24.0 Å². The van der Waals surface area contributed by atoms with Gasteiger partial charge < -0.3 is 10.1 Å². The maximum absolute atomic E-state index is 11.9. The summed E-state index contributed by atoms with van der Waals surface area (Å²) in [5.41, 5.74) is 2.22. The summed E-state index contributed by atoms with van der Waals surface area (Å²) in [5.74, 6) is 0.171. The van der Waals surface area contributed by atoms with E-state index in [-0.39, 0.29) is 23.0 Å². The molecule has 0 aliphatic heterocycles. The van der Waals surface area contributed by atoms with Crippen molar-refractivity contribution in [3.63, 3.8) is 0 Å². The van der Waals surface area contributed by atoms with Crippen LogP contribution in [0.5, 0.6) is 5.75 Å². The zero-order chi connectivity index (χ0) is 17.0. The lowest BCUT2D eigenvalue weighted by molar-refractivity contribution is -0.384. The second kappa shape index (κ2) is 7.11. The molecule has 0 aliphatic carbocycles. The van der Waals surface area contributed by atoms with Crippen molar-refractivity contribution in [1.82, 2.24) is 0 Å². The maximum atomic E-state index is 11.9. The number of amides is 1. The second-order valence-corrected chi connectivity index (χ2v) is 5.41. The Morgan fingerprint density at radius 1 is 1.22 bits per heavy atom. The molecule has 2 aromatic rings. The van der Waals surface area contributed by atoms with Gasteiger partial charge in [0.15, 0.2) is 6.61 Å². The number of nitro groups is 1. The van der Waals surface area contributed by atoms with E-state index in [2.05, 4.69) is 5.32 Å². The zero-order valence-corrected chi connectivity index (χ0v) is 13.4. The number of nitro benzene ring substituents is 1. The molecule has 2 rings (SSSR count). The van der Waals surface area contributed by atoms with E-state index in [1.165, 1.54) is 18.2 Å². The third-order valence-electron chi connectivity index (χ3n) is 3.27. The van der Waals surface area contributed by atoms with Crippen molar-refractivity contribution in [3.05, 3.63) is 62.7 Å². The number of anilines is 1. The monoisotopic (exact) mass is 334 g/mol. The summed E-state index contributed by atoms with van der Waals surface area (Å²) in [6.45, 7) is 3.74. The Hall–Kier alpha value is -2.60. The van der Waals surface area contributed by atoms with Gasteiger partial charge >= 0.3 is 0 Å². The van der Waals surface area contributed by atoms with Crippen molar-refractivity contribution in [2.24, 2.45) is 0 Å². The van der Waals surface area contributed by atoms with E-state index in [1.807, 2.05) is 26.0 Å². The summed E-state index contributed by atoms with van der Waals surface area (Å²) >= 11 is 5.72. The van der Waals surface area contributed by atoms with Crippen LogP contribution in [0.25, 0.3) is 0 Å². The normalized spacial score (nSPS) is 10.2. The van der Waals surface area contributed by atoms with E-state index in [0.717, 1.165) is 11.1 Å². The van der Waals surface area contributed by atoms with Gasteiger partial charge in [0.25, 0.3) is 11.6 Å². The van der Waals surface area contributed by atoms with Crippen molar-refractivity contribution in [3.8, 4) is 5.75 Å². The Morgan fingerprint density at radius 2 is 1.96 bits per heavy atom. The summed E-state index contributed by atoms with van der Waals surface area (Å²) in [4.78, 5) is 22.1. The molecular formula is C16H15ClN2O4. The minimum Gasteiger partial charge on any atom is -0.484 e. The van der Waals surface area contributed by atoms with Gasteiger partial charge in [-0.05, 0) is 49.2 Å². The fourth-order valence-electron chi connectivity index (χ4n) is 1.88. The van der Waals surface area contributed by atoms with Crippen LogP contribution in [0.3, 0.4) is 0 Å². The molecule has 1 amide bonds. The number of carbonyl (C=O) groups excluding carboxylic acids is 1. The number of nitrogens with one attached hydrogen (secondary N) is 1. The molecule has 23 heavy (non-hydrogen) atoms. The smallest absolute Gasteiger partial charge is 0.289 e. The van der Waals surface area contributed by atoms with Crippen LogP contribution < -0.4 is 10.1 Å². The number of carbonyl (C=O) groups is 1. The van der Waals surface area contributed by atoms with E-state index >= 15 is 0 Å². The fourth-order valence-corrected chi connectivity index (χ4v) is 2.07. The number of ether oxygens (including phenoxy) is 1. The Kier molecular flexibility index (Phi) is 5.18. The highest BCUT2D eigenvalue weighted by atomic mass is 35.5. The predicted octanol–water partition coefficient (Wildman–Crippen LogP) is 3.88. The van der Waals surface area contributed by atoms with Gasteiger partial charge in [0, 0.05) is 11.8 Å².